The highest BCUT2D eigenvalue weighted by Gasteiger charge is 2.81. The lowest BCUT2D eigenvalue weighted by Crippen LogP contribution is -2.88. The van der Waals surface area contributed by atoms with E-state index in [0.29, 0.717) is 0 Å². The molecule has 0 aromatic carbocycles. The van der Waals surface area contributed by atoms with E-state index in [2.05, 4.69) is 10.6 Å². The standard InChI is InChI=1S/C12H21N3O7/c1-10(19)5-3-7(17)15-9(13)14-2-11(3)4(16)6(10)22-12(20,21-5)8(11)18/h3-9,14-20H,2,13H2,1H3/t3?,4?,5?,6?,7?,8-,9?,10?,11?,12?/m0/s1. The summed E-state index contributed by atoms with van der Waals surface area (Å²) < 4.78 is 10.6. The number of ether oxygens (including phenoxy) is 2. The van der Waals surface area contributed by atoms with Crippen molar-refractivity contribution in [3.05, 3.63) is 0 Å². The van der Waals surface area contributed by atoms with Crippen LogP contribution in [0.15, 0.2) is 0 Å². The molecule has 10 heteroatoms. The van der Waals surface area contributed by atoms with Crippen molar-refractivity contribution in [2.45, 2.75) is 55.4 Å². The van der Waals surface area contributed by atoms with Gasteiger partial charge in [-0.3, -0.25) is 10.6 Å². The number of nitrogens with two attached hydrogens (primary N) is 1. The lowest BCUT2D eigenvalue weighted by Gasteiger charge is -2.70. The van der Waals surface area contributed by atoms with E-state index in [1.807, 2.05) is 0 Å². The zero-order valence-corrected chi connectivity index (χ0v) is 11.9. The Morgan fingerprint density at radius 1 is 1.14 bits per heavy atom. The molecule has 4 aliphatic heterocycles. The third-order valence-electron chi connectivity index (χ3n) is 5.70. The zero-order chi connectivity index (χ0) is 16.1. The summed E-state index contributed by atoms with van der Waals surface area (Å²) >= 11 is 0. The molecule has 0 radical (unpaired) electrons. The normalized spacial score (nSPS) is 67.0. The lowest BCUT2D eigenvalue weighted by molar-refractivity contribution is -0.556. The Hall–Kier alpha value is -0.400. The van der Waals surface area contributed by atoms with E-state index in [1.54, 1.807) is 0 Å². The topological polar surface area (TPSA) is 170 Å². The van der Waals surface area contributed by atoms with Crippen LogP contribution in [0, 0.1) is 11.3 Å². The predicted molar refractivity (Wildman–Crippen MR) is 68.4 cm³/mol. The van der Waals surface area contributed by atoms with Gasteiger partial charge in [-0.25, -0.2) is 0 Å². The largest absolute Gasteiger partial charge is 0.390 e. The smallest absolute Gasteiger partial charge is 0.309 e. The van der Waals surface area contributed by atoms with Gasteiger partial charge in [-0.05, 0) is 6.92 Å². The number of hydrogen-bond acceptors (Lipinski definition) is 10. The molecule has 1 saturated carbocycles. The Bertz CT molecular complexity index is 507. The highest BCUT2D eigenvalue weighted by atomic mass is 16.9. The maximum atomic E-state index is 10.7. The minimum atomic E-state index is -2.34. The fourth-order valence-electron chi connectivity index (χ4n) is 4.60. The Morgan fingerprint density at radius 2 is 1.77 bits per heavy atom. The maximum absolute atomic E-state index is 10.7. The van der Waals surface area contributed by atoms with Crippen LogP contribution in [0.4, 0.5) is 0 Å². The minimum absolute atomic E-state index is 0.00331. The predicted octanol–water partition coefficient (Wildman–Crippen LogP) is -4.73. The van der Waals surface area contributed by atoms with Gasteiger partial charge < -0.3 is 40.7 Å². The van der Waals surface area contributed by atoms with E-state index >= 15 is 0 Å². The number of hydrogen-bond donors (Lipinski definition) is 8. The van der Waals surface area contributed by atoms with Gasteiger partial charge in [-0.15, -0.1) is 0 Å². The van der Waals surface area contributed by atoms with E-state index in [1.165, 1.54) is 6.92 Å². The molecule has 1 spiro atoms. The van der Waals surface area contributed by atoms with Crippen molar-refractivity contribution in [2.24, 2.45) is 17.1 Å². The van der Waals surface area contributed by atoms with Crippen molar-refractivity contribution in [2.75, 3.05) is 6.54 Å². The van der Waals surface area contributed by atoms with Crippen LogP contribution in [-0.4, -0.2) is 80.6 Å². The van der Waals surface area contributed by atoms with E-state index in [4.69, 9.17) is 15.2 Å². The summed E-state index contributed by atoms with van der Waals surface area (Å²) in [7, 11) is 0. The van der Waals surface area contributed by atoms with Crippen molar-refractivity contribution < 1.29 is 35.0 Å². The first-order valence-corrected chi connectivity index (χ1v) is 7.24. The van der Waals surface area contributed by atoms with Crippen molar-refractivity contribution in [3.63, 3.8) is 0 Å². The molecule has 5 aliphatic rings. The van der Waals surface area contributed by atoms with Gasteiger partial charge in [-0.2, -0.15) is 0 Å². The second kappa shape index (κ2) is 4.16. The third-order valence-corrected chi connectivity index (χ3v) is 5.70. The van der Waals surface area contributed by atoms with Gasteiger partial charge in [0.2, 0.25) is 0 Å². The lowest BCUT2D eigenvalue weighted by atomic mass is 9.51. The Morgan fingerprint density at radius 3 is 2.45 bits per heavy atom. The summed E-state index contributed by atoms with van der Waals surface area (Å²) in [4.78, 5) is 0. The average molecular weight is 319 g/mol. The molecule has 5 fully saturated rings. The first kappa shape index (κ1) is 15.1. The molecule has 126 valence electrons. The molecule has 4 bridgehead atoms. The van der Waals surface area contributed by atoms with Crippen molar-refractivity contribution in [3.8, 4) is 0 Å². The van der Waals surface area contributed by atoms with Gasteiger partial charge in [0, 0.05) is 12.5 Å². The van der Waals surface area contributed by atoms with Crippen molar-refractivity contribution >= 4 is 0 Å². The fourth-order valence-corrected chi connectivity index (χ4v) is 4.60. The molecule has 9 unspecified atom stereocenters. The number of aliphatic hydroxyl groups excluding tert-OH is 3. The van der Waals surface area contributed by atoms with Crippen LogP contribution in [-0.2, 0) is 9.47 Å². The zero-order valence-electron chi connectivity index (χ0n) is 11.9. The van der Waals surface area contributed by atoms with Gasteiger partial charge in [0.1, 0.15) is 36.4 Å². The van der Waals surface area contributed by atoms with E-state index < -0.39 is 59.8 Å². The first-order chi connectivity index (χ1) is 10.1. The van der Waals surface area contributed by atoms with Crippen LogP contribution >= 0.6 is 0 Å². The Balaban J connectivity index is 1.90. The summed E-state index contributed by atoms with van der Waals surface area (Å²) in [6, 6.07) is 0. The van der Waals surface area contributed by atoms with Crippen molar-refractivity contribution in [1.29, 1.82) is 0 Å². The molecule has 9 N–H and O–H groups in total. The van der Waals surface area contributed by atoms with Crippen LogP contribution in [0.5, 0.6) is 0 Å². The van der Waals surface area contributed by atoms with Crippen LogP contribution in [0.1, 0.15) is 6.92 Å². The monoisotopic (exact) mass is 319 g/mol. The summed E-state index contributed by atoms with van der Waals surface area (Å²) in [5, 5.41) is 58.4. The van der Waals surface area contributed by atoms with E-state index in [0.717, 1.165) is 0 Å². The quantitative estimate of drug-likeness (QED) is 0.217. The summed E-state index contributed by atoms with van der Waals surface area (Å²) in [5.41, 5.74) is 2.71. The van der Waals surface area contributed by atoms with Crippen LogP contribution in [0.3, 0.4) is 0 Å². The highest BCUT2D eigenvalue weighted by molar-refractivity contribution is 5.24. The van der Waals surface area contributed by atoms with Crippen LogP contribution in [0.2, 0.25) is 0 Å². The molecular weight excluding hydrogens is 298 g/mol. The molecular formula is C12H21N3O7. The van der Waals surface area contributed by atoms with Crippen LogP contribution in [0.25, 0.3) is 0 Å². The summed E-state index contributed by atoms with van der Waals surface area (Å²) in [6.07, 6.45) is -7.24. The van der Waals surface area contributed by atoms with E-state index in [9.17, 15) is 25.5 Å². The molecule has 22 heavy (non-hydrogen) atoms. The number of rotatable bonds is 0. The second-order valence-electron chi connectivity index (χ2n) is 6.89. The van der Waals surface area contributed by atoms with E-state index in [-0.39, 0.29) is 6.54 Å². The molecule has 0 amide bonds. The average Bonchev–Trinajstić information content (AvgIpc) is 2.54. The number of aliphatic hydroxyl groups is 5. The van der Waals surface area contributed by atoms with Gasteiger partial charge >= 0.3 is 5.97 Å². The van der Waals surface area contributed by atoms with Gasteiger partial charge in [-0.1, -0.05) is 0 Å². The first-order valence-electron chi connectivity index (χ1n) is 7.24. The molecule has 10 atom stereocenters. The highest BCUT2D eigenvalue weighted by Crippen LogP contribution is 2.61. The molecule has 10 nitrogen and oxygen atoms in total. The molecule has 0 aromatic rings. The molecule has 4 heterocycles. The third kappa shape index (κ3) is 1.48. The van der Waals surface area contributed by atoms with Gasteiger partial charge in [0.25, 0.3) is 0 Å². The fraction of sp³-hybridized carbons (Fsp3) is 1.00. The summed E-state index contributed by atoms with van der Waals surface area (Å²) in [6.45, 7) is 1.40. The van der Waals surface area contributed by atoms with Crippen molar-refractivity contribution in [1.82, 2.24) is 10.6 Å². The molecule has 4 saturated heterocycles. The maximum Gasteiger partial charge on any atom is 0.309 e. The molecule has 0 aromatic heterocycles. The van der Waals surface area contributed by atoms with Gasteiger partial charge in [0.15, 0.2) is 0 Å². The summed E-state index contributed by atoms with van der Waals surface area (Å²) in [5.74, 6) is -3.25. The Labute approximate surface area is 125 Å². The number of nitrogens with one attached hydrogen (secondary N) is 2. The Kier molecular flexibility index (Phi) is 2.87. The van der Waals surface area contributed by atoms with Gasteiger partial charge in [0.05, 0.1) is 11.5 Å². The van der Waals surface area contributed by atoms with Crippen LogP contribution < -0.4 is 16.4 Å². The second-order valence-corrected chi connectivity index (χ2v) is 6.89. The molecule has 5 rings (SSSR count). The minimum Gasteiger partial charge on any atom is -0.390 e. The molecule has 1 aliphatic carbocycles. The SMILES string of the molecule is CC1(O)C2OC3(O)OC1C1C(O)NC(N)NCC1(C2O)[C@@H]3O.